The molecule has 0 radical (unpaired) electrons. The molecule has 1 aromatic carbocycles. The van der Waals surface area contributed by atoms with Crippen molar-refractivity contribution in [2.45, 2.75) is 32.4 Å². The molecule has 0 fully saturated rings. The average Bonchev–Trinajstić information content (AvgIpc) is 2.48. The maximum absolute atomic E-state index is 11.7. The Bertz CT molecular complexity index is 580. The van der Waals surface area contributed by atoms with Gasteiger partial charge in [0.25, 0.3) is 0 Å². The zero-order chi connectivity index (χ0) is 18.3. The van der Waals surface area contributed by atoms with E-state index in [1.807, 2.05) is 0 Å². The highest BCUT2D eigenvalue weighted by molar-refractivity contribution is 5.80. The van der Waals surface area contributed by atoms with Crippen LogP contribution in [0.2, 0.25) is 0 Å². The number of methoxy groups -OCH3 is 2. The summed E-state index contributed by atoms with van der Waals surface area (Å²) in [5.74, 6) is 0.111. The highest BCUT2D eigenvalue weighted by atomic mass is 16.6. The van der Waals surface area contributed by atoms with Crippen LogP contribution in [0, 0.1) is 0 Å². The van der Waals surface area contributed by atoms with E-state index in [0.717, 1.165) is 0 Å². The van der Waals surface area contributed by atoms with Crippen LogP contribution in [0.25, 0.3) is 0 Å². The fourth-order valence-corrected chi connectivity index (χ4v) is 1.71. The van der Waals surface area contributed by atoms with E-state index in [-0.39, 0.29) is 6.61 Å². The first-order valence-corrected chi connectivity index (χ1v) is 7.23. The summed E-state index contributed by atoms with van der Waals surface area (Å²) < 4.78 is 20.7. The Kier molecular flexibility index (Phi) is 6.69. The van der Waals surface area contributed by atoms with Crippen molar-refractivity contribution < 1.29 is 33.6 Å². The number of hydrogen-bond acceptors (Lipinski definition) is 6. The average molecular weight is 341 g/mol. The van der Waals surface area contributed by atoms with Crippen LogP contribution in [0.3, 0.4) is 0 Å². The van der Waals surface area contributed by atoms with E-state index in [1.54, 1.807) is 39.0 Å². The first kappa shape index (κ1) is 19.4. The van der Waals surface area contributed by atoms with Gasteiger partial charge in [0.1, 0.15) is 18.0 Å². The zero-order valence-corrected chi connectivity index (χ0v) is 14.4. The summed E-state index contributed by atoms with van der Waals surface area (Å²) in [4.78, 5) is 22.9. The van der Waals surface area contributed by atoms with Gasteiger partial charge in [0.05, 0.1) is 14.2 Å². The Labute approximate surface area is 140 Å². The fraction of sp³-hybridized carbons (Fsp3) is 0.500. The molecule has 1 aromatic rings. The van der Waals surface area contributed by atoms with Crippen LogP contribution in [0.5, 0.6) is 17.2 Å². The van der Waals surface area contributed by atoms with Crippen LogP contribution in [-0.2, 0) is 9.53 Å². The van der Waals surface area contributed by atoms with Crippen molar-refractivity contribution in [2.24, 2.45) is 0 Å². The Hall–Kier alpha value is -2.64. The largest absolute Gasteiger partial charge is 0.493 e. The monoisotopic (exact) mass is 341 g/mol. The molecule has 2 N–H and O–H groups in total. The van der Waals surface area contributed by atoms with Gasteiger partial charge < -0.3 is 29.4 Å². The van der Waals surface area contributed by atoms with Gasteiger partial charge in [0, 0.05) is 6.07 Å². The summed E-state index contributed by atoms with van der Waals surface area (Å²) in [5.41, 5.74) is -0.725. The summed E-state index contributed by atoms with van der Waals surface area (Å²) in [6.45, 7) is 4.78. The molecule has 0 spiro atoms. The van der Waals surface area contributed by atoms with E-state index < -0.39 is 23.7 Å². The minimum Gasteiger partial charge on any atom is -0.493 e. The van der Waals surface area contributed by atoms with Crippen LogP contribution >= 0.6 is 0 Å². The van der Waals surface area contributed by atoms with Crippen molar-refractivity contribution in [3.8, 4) is 17.2 Å². The van der Waals surface area contributed by atoms with E-state index in [0.29, 0.717) is 17.2 Å². The van der Waals surface area contributed by atoms with Crippen LogP contribution in [0.4, 0.5) is 4.79 Å². The lowest BCUT2D eigenvalue weighted by atomic mass is 10.2. The standard InChI is InChI=1S/C16H23NO7/c1-16(2,3)24-15(20)17-11(14(18)19)9-23-10-6-7-12(21-4)13(8-10)22-5/h6-8,11H,9H2,1-5H3,(H,17,20)(H,18,19)/t11-/m1/s1. The van der Waals surface area contributed by atoms with Crippen LogP contribution in [-0.4, -0.2) is 49.6 Å². The third kappa shape index (κ3) is 6.23. The van der Waals surface area contributed by atoms with E-state index in [1.165, 1.54) is 14.2 Å². The first-order chi connectivity index (χ1) is 11.2. The molecule has 0 saturated carbocycles. The van der Waals surface area contributed by atoms with Crippen LogP contribution in [0.15, 0.2) is 18.2 Å². The molecule has 0 unspecified atom stereocenters. The number of carbonyl (C=O) groups is 2. The molecular formula is C16H23NO7. The summed E-state index contributed by atoms with van der Waals surface area (Å²) >= 11 is 0. The van der Waals surface area contributed by atoms with Gasteiger partial charge in [-0.3, -0.25) is 0 Å². The molecule has 0 aliphatic heterocycles. The number of aliphatic carboxylic acids is 1. The zero-order valence-electron chi connectivity index (χ0n) is 14.4. The second-order valence-corrected chi connectivity index (χ2v) is 5.86. The topological polar surface area (TPSA) is 103 Å². The van der Waals surface area contributed by atoms with Gasteiger partial charge in [-0.25, -0.2) is 9.59 Å². The number of carboxylic acid groups (broad SMARTS) is 1. The van der Waals surface area contributed by atoms with Crippen molar-refractivity contribution in [1.29, 1.82) is 0 Å². The number of rotatable bonds is 7. The van der Waals surface area contributed by atoms with Gasteiger partial charge in [0.15, 0.2) is 17.5 Å². The molecule has 0 aliphatic rings. The summed E-state index contributed by atoms with van der Waals surface area (Å²) in [6.07, 6.45) is -0.828. The summed E-state index contributed by atoms with van der Waals surface area (Å²) in [7, 11) is 2.98. The molecule has 1 rings (SSSR count). The van der Waals surface area contributed by atoms with Crippen LogP contribution in [0.1, 0.15) is 20.8 Å². The van der Waals surface area contributed by atoms with Crippen molar-refractivity contribution in [2.75, 3.05) is 20.8 Å². The number of ether oxygens (including phenoxy) is 4. The van der Waals surface area contributed by atoms with E-state index in [9.17, 15) is 14.7 Å². The lowest BCUT2D eigenvalue weighted by molar-refractivity contribution is -0.140. The quantitative estimate of drug-likeness (QED) is 0.782. The highest BCUT2D eigenvalue weighted by Crippen LogP contribution is 2.30. The van der Waals surface area contributed by atoms with Crippen molar-refractivity contribution >= 4 is 12.1 Å². The molecule has 0 saturated heterocycles. The molecule has 0 heterocycles. The number of benzene rings is 1. The SMILES string of the molecule is COc1ccc(OC[C@@H](NC(=O)OC(C)(C)C)C(=O)O)cc1OC. The minimum absolute atomic E-state index is 0.274. The van der Waals surface area contributed by atoms with E-state index in [2.05, 4.69) is 5.32 Å². The summed E-state index contributed by atoms with van der Waals surface area (Å²) in [5, 5.41) is 11.4. The second kappa shape index (κ2) is 8.28. The number of hydrogen-bond donors (Lipinski definition) is 2. The lowest BCUT2D eigenvalue weighted by Gasteiger charge is -2.22. The van der Waals surface area contributed by atoms with Crippen molar-refractivity contribution in [3.63, 3.8) is 0 Å². The molecule has 24 heavy (non-hydrogen) atoms. The predicted molar refractivity (Wildman–Crippen MR) is 85.8 cm³/mol. The molecule has 0 aromatic heterocycles. The van der Waals surface area contributed by atoms with Crippen molar-refractivity contribution in [1.82, 2.24) is 5.32 Å². The Morgan fingerprint density at radius 1 is 1.17 bits per heavy atom. The normalized spacial score (nSPS) is 12.0. The maximum Gasteiger partial charge on any atom is 0.408 e. The van der Waals surface area contributed by atoms with Crippen LogP contribution < -0.4 is 19.5 Å². The Morgan fingerprint density at radius 2 is 1.79 bits per heavy atom. The molecule has 1 amide bonds. The van der Waals surface area contributed by atoms with Gasteiger partial charge >= 0.3 is 12.1 Å². The number of nitrogens with one attached hydrogen (secondary N) is 1. The minimum atomic E-state index is -1.26. The molecular weight excluding hydrogens is 318 g/mol. The van der Waals surface area contributed by atoms with Gasteiger partial charge in [-0.15, -0.1) is 0 Å². The number of amides is 1. The first-order valence-electron chi connectivity index (χ1n) is 7.23. The number of carbonyl (C=O) groups excluding carboxylic acids is 1. The Balaban J connectivity index is 2.70. The molecule has 1 atom stereocenters. The molecule has 0 bridgehead atoms. The predicted octanol–water partition coefficient (Wildman–Crippen LogP) is 2.06. The smallest absolute Gasteiger partial charge is 0.408 e. The number of carboxylic acids is 1. The lowest BCUT2D eigenvalue weighted by Crippen LogP contribution is -2.46. The molecule has 0 aliphatic carbocycles. The van der Waals surface area contributed by atoms with Gasteiger partial charge in [-0.1, -0.05) is 0 Å². The van der Waals surface area contributed by atoms with E-state index in [4.69, 9.17) is 18.9 Å². The fourth-order valence-electron chi connectivity index (χ4n) is 1.71. The van der Waals surface area contributed by atoms with Gasteiger partial charge in [-0.2, -0.15) is 0 Å². The molecule has 134 valence electrons. The third-order valence-electron chi connectivity index (χ3n) is 2.76. The maximum atomic E-state index is 11.7. The van der Waals surface area contributed by atoms with Gasteiger partial charge in [-0.05, 0) is 32.9 Å². The third-order valence-corrected chi connectivity index (χ3v) is 2.76. The van der Waals surface area contributed by atoms with Gasteiger partial charge in [0.2, 0.25) is 0 Å². The van der Waals surface area contributed by atoms with E-state index >= 15 is 0 Å². The molecule has 8 heteroatoms. The second-order valence-electron chi connectivity index (χ2n) is 5.86. The number of alkyl carbamates (subject to hydrolysis) is 1. The Morgan fingerprint density at radius 3 is 2.29 bits per heavy atom. The molecule has 8 nitrogen and oxygen atoms in total. The highest BCUT2D eigenvalue weighted by Gasteiger charge is 2.24. The van der Waals surface area contributed by atoms with Crippen molar-refractivity contribution in [3.05, 3.63) is 18.2 Å². The summed E-state index contributed by atoms with van der Waals surface area (Å²) in [6, 6.07) is 3.54.